The van der Waals surface area contributed by atoms with E-state index in [0.717, 1.165) is 0 Å². The predicted molar refractivity (Wildman–Crippen MR) is 48.5 cm³/mol. The Morgan fingerprint density at radius 3 is 2.43 bits per heavy atom. The molecule has 0 spiro atoms. The third kappa shape index (κ3) is 2.03. The first-order chi connectivity index (χ1) is 6.52. The van der Waals surface area contributed by atoms with Crippen molar-refractivity contribution in [2.45, 2.75) is 13.0 Å². The first-order valence-electron chi connectivity index (χ1n) is 3.90. The number of non-ortho nitro benzene ring substituents is 1. The summed E-state index contributed by atoms with van der Waals surface area (Å²) in [5.41, 5.74) is 0.209. The van der Waals surface area contributed by atoms with Gasteiger partial charge in [0.15, 0.2) is 0 Å². The fraction of sp³-hybridized carbons (Fsp3) is 0.250. The van der Waals surface area contributed by atoms with Crippen LogP contribution < -0.4 is 0 Å². The average molecular weight is 196 g/mol. The standard InChI is InChI=1S/C8H8N2O4/c1-6(9(11)12)7-3-2-4-8(5-7)10(13)14/h2-6H,1H3. The van der Waals surface area contributed by atoms with Gasteiger partial charge in [-0.2, -0.15) is 0 Å². The van der Waals surface area contributed by atoms with Crippen LogP contribution in [0.2, 0.25) is 0 Å². The van der Waals surface area contributed by atoms with E-state index >= 15 is 0 Å². The van der Waals surface area contributed by atoms with Crippen LogP contribution in [0.25, 0.3) is 0 Å². The Bertz CT molecular complexity index is 377. The number of nitro benzene ring substituents is 1. The van der Waals surface area contributed by atoms with Crippen LogP contribution >= 0.6 is 0 Å². The van der Waals surface area contributed by atoms with Crippen molar-refractivity contribution in [3.8, 4) is 0 Å². The van der Waals surface area contributed by atoms with Crippen LogP contribution in [0.3, 0.4) is 0 Å². The fourth-order valence-electron chi connectivity index (χ4n) is 1.02. The van der Waals surface area contributed by atoms with E-state index in [2.05, 4.69) is 0 Å². The number of hydrogen-bond acceptors (Lipinski definition) is 4. The van der Waals surface area contributed by atoms with Crippen molar-refractivity contribution >= 4 is 5.69 Å². The van der Waals surface area contributed by atoms with Crippen LogP contribution in [0.1, 0.15) is 18.5 Å². The Morgan fingerprint density at radius 1 is 1.29 bits per heavy atom. The summed E-state index contributed by atoms with van der Waals surface area (Å²) in [5, 5.41) is 20.8. The summed E-state index contributed by atoms with van der Waals surface area (Å²) in [6.45, 7) is 1.39. The molecule has 6 heteroatoms. The molecule has 0 saturated heterocycles. The minimum atomic E-state index is -0.921. The van der Waals surface area contributed by atoms with Gasteiger partial charge in [0.1, 0.15) is 0 Å². The third-order valence-corrected chi connectivity index (χ3v) is 1.88. The van der Waals surface area contributed by atoms with Crippen LogP contribution in [0, 0.1) is 20.2 Å². The normalized spacial score (nSPS) is 12.1. The molecular weight excluding hydrogens is 188 g/mol. The second kappa shape index (κ2) is 3.82. The van der Waals surface area contributed by atoms with Crippen molar-refractivity contribution in [1.82, 2.24) is 0 Å². The highest BCUT2D eigenvalue weighted by molar-refractivity contribution is 5.35. The first-order valence-corrected chi connectivity index (χ1v) is 3.90. The number of rotatable bonds is 3. The minimum absolute atomic E-state index is 0.129. The van der Waals surface area contributed by atoms with Crippen LogP contribution in [-0.2, 0) is 0 Å². The molecule has 0 bridgehead atoms. The van der Waals surface area contributed by atoms with Gasteiger partial charge in [-0.1, -0.05) is 12.1 Å². The highest BCUT2D eigenvalue weighted by atomic mass is 16.6. The zero-order valence-corrected chi connectivity index (χ0v) is 7.41. The molecule has 0 aromatic heterocycles. The molecule has 0 fully saturated rings. The van der Waals surface area contributed by atoms with Crippen molar-refractivity contribution in [3.63, 3.8) is 0 Å². The zero-order chi connectivity index (χ0) is 10.7. The van der Waals surface area contributed by atoms with Crippen LogP contribution in [0.5, 0.6) is 0 Å². The molecule has 1 atom stereocenters. The molecule has 1 rings (SSSR count). The van der Waals surface area contributed by atoms with Crippen LogP contribution in [0.4, 0.5) is 5.69 Å². The van der Waals surface area contributed by atoms with Gasteiger partial charge in [-0.25, -0.2) is 0 Å². The van der Waals surface area contributed by atoms with E-state index in [4.69, 9.17) is 0 Å². The molecule has 0 amide bonds. The molecule has 6 nitrogen and oxygen atoms in total. The molecular formula is C8H8N2O4. The molecule has 1 aromatic carbocycles. The largest absolute Gasteiger partial charge is 0.269 e. The van der Waals surface area contributed by atoms with E-state index in [1.807, 2.05) is 0 Å². The lowest BCUT2D eigenvalue weighted by Crippen LogP contribution is -2.06. The van der Waals surface area contributed by atoms with Gasteiger partial charge >= 0.3 is 0 Å². The zero-order valence-electron chi connectivity index (χ0n) is 7.41. The molecule has 0 aliphatic heterocycles. The molecule has 0 aliphatic rings. The highest BCUT2D eigenvalue weighted by Gasteiger charge is 2.18. The van der Waals surface area contributed by atoms with Gasteiger partial charge in [0.2, 0.25) is 6.04 Å². The molecule has 74 valence electrons. The second-order valence-corrected chi connectivity index (χ2v) is 2.81. The van der Waals surface area contributed by atoms with Gasteiger partial charge in [-0.3, -0.25) is 20.2 Å². The topological polar surface area (TPSA) is 86.3 Å². The SMILES string of the molecule is CC(c1cccc([N+](=O)[O-])c1)[N+](=O)[O-]. The average Bonchev–Trinajstić information content (AvgIpc) is 2.16. The van der Waals surface area contributed by atoms with Gasteiger partial charge in [-0.05, 0) is 0 Å². The van der Waals surface area contributed by atoms with Gasteiger partial charge in [0.05, 0.1) is 4.92 Å². The molecule has 0 aliphatic carbocycles. The summed E-state index contributed by atoms with van der Waals surface area (Å²) >= 11 is 0. The van der Waals surface area contributed by atoms with Crippen molar-refractivity contribution in [1.29, 1.82) is 0 Å². The Balaban J connectivity index is 3.05. The Labute approximate surface area is 79.5 Å². The van der Waals surface area contributed by atoms with Crippen molar-refractivity contribution < 1.29 is 9.85 Å². The van der Waals surface area contributed by atoms with E-state index in [9.17, 15) is 20.2 Å². The van der Waals surface area contributed by atoms with E-state index < -0.39 is 15.9 Å². The fourth-order valence-corrected chi connectivity index (χ4v) is 1.02. The Hall–Kier alpha value is -1.98. The molecule has 0 heterocycles. The number of nitro groups is 2. The maximum Gasteiger partial charge on any atom is 0.269 e. The van der Waals surface area contributed by atoms with E-state index in [-0.39, 0.29) is 5.69 Å². The summed E-state index contributed by atoms with van der Waals surface area (Å²) in [6, 6.07) is 4.53. The van der Waals surface area contributed by atoms with Gasteiger partial charge in [0, 0.05) is 29.5 Å². The molecule has 1 aromatic rings. The number of hydrogen-bond donors (Lipinski definition) is 0. The van der Waals surface area contributed by atoms with Gasteiger partial charge in [-0.15, -0.1) is 0 Å². The highest BCUT2D eigenvalue weighted by Crippen LogP contribution is 2.20. The van der Waals surface area contributed by atoms with E-state index in [1.54, 1.807) is 0 Å². The predicted octanol–water partition coefficient (Wildman–Crippen LogP) is 1.93. The molecule has 1 unspecified atom stereocenters. The lowest BCUT2D eigenvalue weighted by Gasteiger charge is -2.02. The first kappa shape index (κ1) is 10.1. The van der Waals surface area contributed by atoms with Crippen LogP contribution in [0.15, 0.2) is 24.3 Å². The number of benzene rings is 1. The van der Waals surface area contributed by atoms with E-state index in [0.29, 0.717) is 5.56 Å². The molecule has 0 radical (unpaired) electrons. The number of nitrogens with zero attached hydrogens (tertiary/aromatic N) is 2. The Kier molecular flexibility index (Phi) is 2.76. The monoisotopic (exact) mass is 196 g/mol. The summed E-state index contributed by atoms with van der Waals surface area (Å²) in [5.74, 6) is 0. The van der Waals surface area contributed by atoms with Gasteiger partial charge in [0.25, 0.3) is 5.69 Å². The Morgan fingerprint density at radius 2 is 1.93 bits per heavy atom. The smallest absolute Gasteiger partial charge is 0.264 e. The van der Waals surface area contributed by atoms with Crippen molar-refractivity contribution in [2.24, 2.45) is 0 Å². The summed E-state index contributed by atoms with van der Waals surface area (Å²) < 4.78 is 0. The quantitative estimate of drug-likeness (QED) is 0.545. The maximum atomic E-state index is 10.4. The molecule has 14 heavy (non-hydrogen) atoms. The van der Waals surface area contributed by atoms with Gasteiger partial charge < -0.3 is 0 Å². The van der Waals surface area contributed by atoms with Crippen LogP contribution in [-0.4, -0.2) is 9.85 Å². The summed E-state index contributed by atoms with van der Waals surface area (Å²) in [4.78, 5) is 19.7. The summed E-state index contributed by atoms with van der Waals surface area (Å²) in [6.07, 6.45) is 0. The lowest BCUT2D eigenvalue weighted by molar-refractivity contribution is -0.524. The summed E-state index contributed by atoms with van der Waals surface area (Å²) in [7, 11) is 0. The molecule has 0 saturated carbocycles. The third-order valence-electron chi connectivity index (χ3n) is 1.88. The lowest BCUT2D eigenvalue weighted by atomic mass is 10.1. The minimum Gasteiger partial charge on any atom is -0.264 e. The van der Waals surface area contributed by atoms with Crippen molar-refractivity contribution in [3.05, 3.63) is 50.1 Å². The van der Waals surface area contributed by atoms with Crippen molar-refractivity contribution in [2.75, 3.05) is 0 Å². The van der Waals surface area contributed by atoms with E-state index in [1.165, 1.54) is 31.2 Å². The second-order valence-electron chi connectivity index (χ2n) is 2.81. The molecule has 0 N–H and O–H groups in total. The maximum absolute atomic E-state index is 10.4.